The van der Waals surface area contributed by atoms with Crippen LogP contribution < -0.4 is 5.43 Å². The van der Waals surface area contributed by atoms with E-state index in [2.05, 4.69) is 15.9 Å². The summed E-state index contributed by atoms with van der Waals surface area (Å²) in [6.45, 7) is 1.99. The Kier molecular flexibility index (Phi) is 4.05. The lowest BCUT2D eigenvalue weighted by Gasteiger charge is -2.20. The fourth-order valence-electron chi connectivity index (χ4n) is 2.74. The van der Waals surface area contributed by atoms with Crippen LogP contribution in [0.3, 0.4) is 0 Å². The molecule has 1 aliphatic carbocycles. The van der Waals surface area contributed by atoms with Crippen LogP contribution in [0.2, 0.25) is 0 Å². The molecule has 2 aliphatic rings. The summed E-state index contributed by atoms with van der Waals surface area (Å²) in [7, 11) is 0. The predicted octanol–water partition coefficient (Wildman–Crippen LogP) is 3.84. The Morgan fingerprint density at radius 1 is 1.22 bits per heavy atom. The maximum atomic E-state index is 11.8. The molecule has 4 nitrogen and oxygen atoms in total. The molecule has 0 saturated carbocycles. The Labute approximate surface area is 141 Å². The molecule has 3 rings (SSSR count). The van der Waals surface area contributed by atoms with Gasteiger partial charge in [-0.25, -0.2) is 4.79 Å². The van der Waals surface area contributed by atoms with E-state index in [0.717, 1.165) is 11.3 Å². The quantitative estimate of drug-likeness (QED) is 0.711. The van der Waals surface area contributed by atoms with Gasteiger partial charge in [-0.05, 0) is 48.4 Å². The van der Waals surface area contributed by atoms with Crippen LogP contribution in [-0.4, -0.2) is 15.6 Å². The number of hydrogen-bond donors (Lipinski definition) is 1. The number of carbonyl (C=O) groups is 1. The third-order valence-electron chi connectivity index (χ3n) is 3.76. The number of halogens is 1. The summed E-state index contributed by atoms with van der Waals surface area (Å²) in [5, 5.41) is 10.0. The standard InChI is InChI=1S/C18H14BrNO3/c1-11-3-2-4-13(7-11)20-10-12-5-6-14(21)8-15(12)17(18(22)23)16(20)9-19/h2-8,10H,9H2,1H3,(H,22,23). The summed E-state index contributed by atoms with van der Waals surface area (Å²) in [6.07, 6.45) is 1.87. The molecule has 0 saturated heterocycles. The van der Waals surface area contributed by atoms with Gasteiger partial charge in [-0.15, -0.1) is 0 Å². The lowest BCUT2D eigenvalue weighted by Crippen LogP contribution is -2.15. The molecular formula is C18H14BrNO3. The SMILES string of the molecule is Cc1cccc(-n2cc3ccc(=O)cc-3c(C(=O)O)c2CBr)c1. The molecule has 23 heavy (non-hydrogen) atoms. The summed E-state index contributed by atoms with van der Waals surface area (Å²) in [5.74, 6) is -1.04. The molecule has 0 amide bonds. The van der Waals surface area contributed by atoms with Gasteiger partial charge in [0.25, 0.3) is 0 Å². The molecule has 1 aromatic carbocycles. The molecule has 116 valence electrons. The van der Waals surface area contributed by atoms with Crippen molar-refractivity contribution < 1.29 is 9.90 Å². The maximum Gasteiger partial charge on any atom is 0.338 e. The number of rotatable bonds is 3. The molecule has 1 N–H and O–H groups in total. The Balaban J connectivity index is 2.44. The third kappa shape index (κ3) is 2.80. The molecule has 1 heterocycles. The molecule has 0 fully saturated rings. The molecule has 0 radical (unpaired) electrons. The second kappa shape index (κ2) is 6.01. The first kappa shape index (κ1) is 15.5. The highest BCUT2D eigenvalue weighted by Gasteiger charge is 2.22. The van der Waals surface area contributed by atoms with Gasteiger partial charge < -0.3 is 9.67 Å². The Hall–Kier alpha value is -2.40. The number of carboxylic acid groups (broad SMARTS) is 1. The van der Waals surface area contributed by atoms with Gasteiger partial charge in [-0.3, -0.25) is 4.79 Å². The van der Waals surface area contributed by atoms with Gasteiger partial charge in [0, 0.05) is 28.5 Å². The number of hydrogen-bond acceptors (Lipinski definition) is 2. The van der Waals surface area contributed by atoms with Crippen molar-refractivity contribution in [2.24, 2.45) is 0 Å². The summed E-state index contributed by atoms with van der Waals surface area (Å²) in [4.78, 5) is 23.5. The number of pyridine rings is 1. The van der Waals surface area contributed by atoms with E-state index in [1.807, 2.05) is 42.0 Å². The zero-order chi connectivity index (χ0) is 16.6. The molecule has 0 atom stereocenters. The van der Waals surface area contributed by atoms with Gasteiger partial charge in [0.05, 0.1) is 5.56 Å². The first-order valence-corrected chi connectivity index (χ1v) is 8.18. The number of nitrogens with zero attached hydrogens (tertiary/aromatic N) is 1. The van der Waals surface area contributed by atoms with Crippen LogP contribution in [0.4, 0.5) is 0 Å². The van der Waals surface area contributed by atoms with Crippen molar-refractivity contribution in [2.75, 3.05) is 0 Å². The van der Waals surface area contributed by atoms with Gasteiger partial charge in [0.15, 0.2) is 5.43 Å². The van der Waals surface area contributed by atoms with Crippen molar-refractivity contribution in [3.63, 3.8) is 0 Å². The van der Waals surface area contributed by atoms with Crippen LogP contribution in [-0.2, 0) is 5.33 Å². The number of aromatic carboxylic acids is 1. The molecule has 1 aliphatic heterocycles. The minimum Gasteiger partial charge on any atom is -0.478 e. The average molecular weight is 372 g/mol. The van der Waals surface area contributed by atoms with Crippen molar-refractivity contribution in [2.45, 2.75) is 12.3 Å². The maximum absolute atomic E-state index is 11.8. The van der Waals surface area contributed by atoms with Crippen LogP contribution in [0.5, 0.6) is 0 Å². The summed E-state index contributed by atoms with van der Waals surface area (Å²) < 4.78 is 1.86. The number of benzene rings is 2. The van der Waals surface area contributed by atoms with Crippen molar-refractivity contribution in [1.82, 2.24) is 4.57 Å². The molecule has 0 bridgehead atoms. The van der Waals surface area contributed by atoms with E-state index in [1.165, 1.54) is 12.1 Å². The Bertz CT molecular complexity index is 930. The van der Waals surface area contributed by atoms with Crippen LogP contribution >= 0.6 is 15.9 Å². The summed E-state index contributed by atoms with van der Waals surface area (Å²) in [5.41, 5.74) is 3.70. The lowest BCUT2D eigenvalue weighted by atomic mass is 9.97. The zero-order valence-electron chi connectivity index (χ0n) is 12.4. The van der Waals surface area contributed by atoms with Crippen LogP contribution in [0.25, 0.3) is 16.8 Å². The molecule has 5 heteroatoms. The normalized spacial score (nSPS) is 10.9. The van der Waals surface area contributed by atoms with E-state index in [4.69, 9.17) is 0 Å². The summed E-state index contributed by atoms with van der Waals surface area (Å²) in [6, 6.07) is 12.3. The Morgan fingerprint density at radius 3 is 2.65 bits per heavy atom. The highest BCUT2D eigenvalue weighted by molar-refractivity contribution is 9.08. The van der Waals surface area contributed by atoms with Crippen molar-refractivity contribution in [3.8, 4) is 16.8 Å². The van der Waals surface area contributed by atoms with E-state index in [-0.39, 0.29) is 11.0 Å². The van der Waals surface area contributed by atoms with E-state index in [9.17, 15) is 14.7 Å². The van der Waals surface area contributed by atoms with E-state index >= 15 is 0 Å². The van der Waals surface area contributed by atoms with Crippen LogP contribution in [0.15, 0.2) is 53.5 Å². The fourth-order valence-corrected chi connectivity index (χ4v) is 3.29. The third-order valence-corrected chi connectivity index (χ3v) is 4.29. The van der Waals surface area contributed by atoms with E-state index in [0.29, 0.717) is 22.2 Å². The molecule has 0 unspecified atom stereocenters. The van der Waals surface area contributed by atoms with Gasteiger partial charge in [0.2, 0.25) is 0 Å². The van der Waals surface area contributed by atoms with Crippen LogP contribution in [0.1, 0.15) is 21.6 Å². The van der Waals surface area contributed by atoms with E-state index in [1.54, 1.807) is 6.07 Å². The van der Waals surface area contributed by atoms with Crippen molar-refractivity contribution in [1.29, 1.82) is 0 Å². The fraction of sp³-hybridized carbons (Fsp3) is 0.111. The number of fused-ring (bicyclic) bond motifs is 1. The topological polar surface area (TPSA) is 59.3 Å². The minimum absolute atomic E-state index is 0.151. The lowest BCUT2D eigenvalue weighted by molar-refractivity contribution is 0.0696. The van der Waals surface area contributed by atoms with Crippen molar-refractivity contribution >= 4 is 21.9 Å². The molecular weight excluding hydrogens is 358 g/mol. The minimum atomic E-state index is -1.04. The van der Waals surface area contributed by atoms with Gasteiger partial charge in [-0.1, -0.05) is 28.1 Å². The van der Waals surface area contributed by atoms with Crippen LogP contribution in [0, 0.1) is 6.92 Å². The van der Waals surface area contributed by atoms with E-state index < -0.39 is 5.97 Å². The second-order valence-electron chi connectivity index (χ2n) is 5.35. The van der Waals surface area contributed by atoms with Gasteiger partial charge >= 0.3 is 5.97 Å². The van der Waals surface area contributed by atoms with Crippen molar-refractivity contribution in [3.05, 3.63) is 75.7 Å². The summed E-state index contributed by atoms with van der Waals surface area (Å²) >= 11 is 3.39. The largest absolute Gasteiger partial charge is 0.478 e. The number of alkyl halides is 1. The second-order valence-corrected chi connectivity index (χ2v) is 5.91. The Morgan fingerprint density at radius 2 is 2.00 bits per heavy atom. The molecule has 1 aromatic rings. The molecule has 0 spiro atoms. The number of carboxylic acids is 1. The first-order chi connectivity index (χ1) is 11.0. The highest BCUT2D eigenvalue weighted by Crippen LogP contribution is 2.31. The smallest absolute Gasteiger partial charge is 0.338 e. The number of aryl methyl sites for hydroxylation is 1. The average Bonchev–Trinajstić information content (AvgIpc) is 2.52. The molecule has 0 aromatic heterocycles. The number of aromatic nitrogens is 1. The zero-order valence-corrected chi connectivity index (χ0v) is 14.0. The predicted molar refractivity (Wildman–Crippen MR) is 93.0 cm³/mol. The first-order valence-electron chi connectivity index (χ1n) is 7.06. The van der Waals surface area contributed by atoms with Gasteiger partial charge in [0.1, 0.15) is 0 Å². The van der Waals surface area contributed by atoms with Gasteiger partial charge in [-0.2, -0.15) is 0 Å². The monoisotopic (exact) mass is 371 g/mol. The highest BCUT2D eigenvalue weighted by atomic mass is 79.9.